The van der Waals surface area contributed by atoms with Crippen LogP contribution in [0, 0.1) is 13.8 Å². The molecule has 0 atom stereocenters. The lowest BCUT2D eigenvalue weighted by Gasteiger charge is -2.18. The third-order valence-electron chi connectivity index (χ3n) is 4.43. The third kappa shape index (κ3) is 4.71. The Morgan fingerprint density at radius 2 is 2.14 bits per heavy atom. The van der Waals surface area contributed by atoms with E-state index < -0.39 is 0 Å². The second-order valence-electron chi connectivity index (χ2n) is 6.64. The maximum absolute atomic E-state index is 13.1. The summed E-state index contributed by atoms with van der Waals surface area (Å²) in [5.41, 5.74) is 3.26. The summed E-state index contributed by atoms with van der Waals surface area (Å²) in [6, 6.07) is 7.60. The van der Waals surface area contributed by atoms with Crippen molar-refractivity contribution in [3.8, 4) is 0 Å². The number of hydrogen-bond acceptors (Lipinski definition) is 5. The molecule has 3 heterocycles. The van der Waals surface area contributed by atoms with Crippen molar-refractivity contribution < 1.29 is 9.21 Å². The van der Waals surface area contributed by atoms with Crippen molar-refractivity contribution in [2.24, 2.45) is 0 Å². The summed E-state index contributed by atoms with van der Waals surface area (Å²) >= 11 is 4.81. The van der Waals surface area contributed by atoms with Crippen molar-refractivity contribution in [1.29, 1.82) is 0 Å². The van der Waals surface area contributed by atoms with Gasteiger partial charge < -0.3 is 8.98 Å². The molecule has 4 aromatic rings. The summed E-state index contributed by atoms with van der Waals surface area (Å²) in [4.78, 5) is 23.7. The minimum Gasteiger partial charge on any atom is -0.444 e. The number of hydrogen-bond donors (Lipinski definition) is 0. The van der Waals surface area contributed by atoms with Crippen LogP contribution in [-0.2, 0) is 6.54 Å². The fourth-order valence-corrected chi connectivity index (χ4v) is 4.50. The summed E-state index contributed by atoms with van der Waals surface area (Å²) in [6.45, 7) is 5.44. The Hall–Kier alpha value is -2.16. The molecule has 0 bridgehead atoms. The molecule has 3 aromatic heterocycles. The first-order valence-corrected chi connectivity index (χ1v) is 10.5. The molecule has 29 heavy (non-hydrogen) atoms. The van der Waals surface area contributed by atoms with Crippen molar-refractivity contribution in [3.63, 3.8) is 0 Å². The molecule has 0 aliphatic rings. The highest BCUT2D eigenvalue weighted by Gasteiger charge is 2.24. The maximum Gasteiger partial charge on any atom is 0.295 e. The van der Waals surface area contributed by atoms with Crippen LogP contribution in [0.15, 0.2) is 52.1 Å². The third-order valence-corrected chi connectivity index (χ3v) is 6.08. The first-order chi connectivity index (χ1) is 13.5. The Bertz CT molecular complexity index is 1120. The number of thiazole rings is 1. The first kappa shape index (κ1) is 21.5. The van der Waals surface area contributed by atoms with E-state index in [-0.39, 0.29) is 18.3 Å². The molecule has 0 saturated heterocycles. The molecule has 0 unspecified atom stereocenters. The van der Waals surface area contributed by atoms with Crippen LogP contribution in [0.5, 0.6) is 0 Å². The van der Waals surface area contributed by atoms with Gasteiger partial charge in [-0.1, -0.05) is 17.4 Å². The molecule has 0 radical (unpaired) electrons. The smallest absolute Gasteiger partial charge is 0.295 e. The molecule has 0 N–H and O–H groups in total. The highest BCUT2D eigenvalue weighted by molar-refractivity contribution is 9.10. The van der Waals surface area contributed by atoms with Gasteiger partial charge in [-0.15, -0.1) is 12.4 Å². The van der Waals surface area contributed by atoms with Crippen LogP contribution in [0.4, 0.5) is 5.13 Å². The zero-order chi connectivity index (χ0) is 19.7. The van der Waals surface area contributed by atoms with Crippen molar-refractivity contribution in [3.05, 3.63) is 64.5 Å². The van der Waals surface area contributed by atoms with Crippen LogP contribution < -0.4 is 4.90 Å². The summed E-state index contributed by atoms with van der Waals surface area (Å²) in [6.07, 6.45) is 6.22. The lowest BCUT2D eigenvalue weighted by molar-refractivity contribution is 0.0958. The number of carbonyl (C=O) groups excluding carboxylic acids is 1. The van der Waals surface area contributed by atoms with Gasteiger partial charge in [0.2, 0.25) is 0 Å². The van der Waals surface area contributed by atoms with E-state index in [0.717, 1.165) is 28.7 Å². The molecule has 152 valence electrons. The van der Waals surface area contributed by atoms with Gasteiger partial charge in [-0.25, -0.2) is 9.97 Å². The number of aromatic nitrogens is 3. The van der Waals surface area contributed by atoms with E-state index in [1.54, 1.807) is 29.6 Å². The van der Waals surface area contributed by atoms with Gasteiger partial charge in [0.15, 0.2) is 15.6 Å². The van der Waals surface area contributed by atoms with Crippen LogP contribution in [0.25, 0.3) is 10.2 Å². The number of halogens is 2. The number of rotatable bonds is 6. The van der Waals surface area contributed by atoms with Crippen molar-refractivity contribution in [2.45, 2.75) is 26.8 Å². The molecule has 0 aliphatic carbocycles. The van der Waals surface area contributed by atoms with Crippen LogP contribution in [0.3, 0.4) is 0 Å². The Labute approximate surface area is 187 Å². The van der Waals surface area contributed by atoms with Gasteiger partial charge in [0.05, 0.1) is 16.5 Å². The van der Waals surface area contributed by atoms with E-state index in [0.29, 0.717) is 22.1 Å². The molecule has 9 heteroatoms. The second kappa shape index (κ2) is 9.11. The number of nitrogens with zero attached hydrogens (tertiary/aromatic N) is 4. The fourth-order valence-electron chi connectivity index (χ4n) is 3.16. The molecule has 1 amide bonds. The van der Waals surface area contributed by atoms with E-state index in [1.165, 1.54) is 16.9 Å². The van der Waals surface area contributed by atoms with Crippen LogP contribution >= 0.6 is 39.7 Å². The average Bonchev–Trinajstić information content (AvgIpc) is 3.38. The molecule has 6 nitrogen and oxygen atoms in total. The summed E-state index contributed by atoms with van der Waals surface area (Å²) in [7, 11) is 0. The van der Waals surface area contributed by atoms with Crippen LogP contribution in [0.1, 0.15) is 28.1 Å². The number of aryl methyl sites for hydroxylation is 3. The molecule has 0 fully saturated rings. The van der Waals surface area contributed by atoms with Gasteiger partial charge in [0.1, 0.15) is 0 Å². The standard InChI is InChI=1S/C20H19BrN4O2S.ClH/c1-13-10-14(2)18-15(11-13)23-20(28-18)25(8-3-7-24-9-6-22-12-24)19(26)16-4-5-17(21)27-16;/h4-6,9-12H,3,7-8H2,1-2H3;1H. The number of fused-ring (bicyclic) bond motifs is 1. The molecular formula is C20H20BrClN4O2S. The Morgan fingerprint density at radius 1 is 1.31 bits per heavy atom. The van der Waals surface area contributed by atoms with E-state index in [2.05, 4.69) is 46.9 Å². The second-order valence-corrected chi connectivity index (χ2v) is 8.40. The van der Waals surface area contributed by atoms with Crippen LogP contribution in [0.2, 0.25) is 0 Å². The number of carbonyl (C=O) groups is 1. The minimum atomic E-state index is -0.190. The van der Waals surface area contributed by atoms with Gasteiger partial charge in [-0.2, -0.15) is 0 Å². The van der Waals surface area contributed by atoms with Crippen LogP contribution in [-0.4, -0.2) is 27.0 Å². The van der Waals surface area contributed by atoms with Gasteiger partial charge in [-0.3, -0.25) is 9.69 Å². The van der Waals surface area contributed by atoms with Crippen molar-refractivity contribution >= 4 is 60.9 Å². The highest BCUT2D eigenvalue weighted by Crippen LogP contribution is 2.33. The molecule has 0 spiro atoms. The zero-order valence-corrected chi connectivity index (χ0v) is 19.2. The van der Waals surface area contributed by atoms with Gasteiger partial charge in [-0.05, 0) is 65.5 Å². The van der Waals surface area contributed by atoms with Gasteiger partial charge in [0, 0.05) is 25.5 Å². The monoisotopic (exact) mass is 494 g/mol. The molecular weight excluding hydrogens is 476 g/mol. The van der Waals surface area contributed by atoms with Gasteiger partial charge >= 0.3 is 0 Å². The minimum absolute atomic E-state index is 0. The zero-order valence-electron chi connectivity index (χ0n) is 16.0. The van der Waals surface area contributed by atoms with Crippen molar-refractivity contribution in [2.75, 3.05) is 11.4 Å². The summed E-state index contributed by atoms with van der Waals surface area (Å²) in [5, 5.41) is 0.687. The van der Waals surface area contributed by atoms with E-state index in [1.807, 2.05) is 10.8 Å². The fraction of sp³-hybridized carbons (Fsp3) is 0.250. The largest absolute Gasteiger partial charge is 0.444 e. The number of anilines is 1. The summed E-state index contributed by atoms with van der Waals surface area (Å²) in [5.74, 6) is 0.103. The predicted octanol–water partition coefficient (Wildman–Crippen LogP) is 5.62. The van der Waals surface area contributed by atoms with E-state index in [9.17, 15) is 4.79 Å². The lowest BCUT2D eigenvalue weighted by atomic mass is 10.1. The molecule has 0 saturated carbocycles. The molecule has 4 rings (SSSR count). The summed E-state index contributed by atoms with van der Waals surface area (Å²) < 4.78 is 9.14. The number of imidazole rings is 1. The lowest BCUT2D eigenvalue weighted by Crippen LogP contribution is -2.32. The SMILES string of the molecule is Cc1cc(C)c2sc(N(CCCn3ccnc3)C(=O)c3ccc(Br)o3)nc2c1.Cl. The molecule has 0 aliphatic heterocycles. The van der Waals surface area contributed by atoms with E-state index in [4.69, 9.17) is 9.40 Å². The molecule has 1 aromatic carbocycles. The van der Waals surface area contributed by atoms with Gasteiger partial charge in [0.25, 0.3) is 5.91 Å². The van der Waals surface area contributed by atoms with E-state index >= 15 is 0 Å². The normalized spacial score (nSPS) is 10.9. The predicted molar refractivity (Wildman–Crippen MR) is 121 cm³/mol. The Balaban J connectivity index is 0.00000240. The Morgan fingerprint density at radius 3 is 2.83 bits per heavy atom. The number of amides is 1. The Kier molecular flexibility index (Phi) is 6.77. The number of benzene rings is 1. The first-order valence-electron chi connectivity index (χ1n) is 8.92. The van der Waals surface area contributed by atoms with Crippen molar-refractivity contribution in [1.82, 2.24) is 14.5 Å². The average molecular weight is 496 g/mol. The number of furan rings is 1. The maximum atomic E-state index is 13.1. The quantitative estimate of drug-likeness (QED) is 0.348. The topological polar surface area (TPSA) is 64.2 Å². The highest BCUT2D eigenvalue weighted by atomic mass is 79.9.